The van der Waals surface area contributed by atoms with Crippen LogP contribution in [0.4, 0.5) is 0 Å². The fourth-order valence-corrected chi connectivity index (χ4v) is 2.24. The number of nitrogens with two attached hydrogens (primary N) is 1. The largest absolute Gasteiger partial charge is 0.370 e. The number of benzene rings is 1. The average molecular weight is 317 g/mol. The molecule has 0 aromatic heterocycles. The lowest BCUT2D eigenvalue weighted by molar-refractivity contribution is 0.0951. The van der Waals surface area contributed by atoms with E-state index in [4.69, 9.17) is 5.73 Å². The Labute approximate surface area is 138 Å². The van der Waals surface area contributed by atoms with Gasteiger partial charge in [-0.25, -0.2) is 4.99 Å². The van der Waals surface area contributed by atoms with Gasteiger partial charge < -0.3 is 20.9 Å². The molecule has 0 unspecified atom stereocenters. The number of aliphatic imine (C=N–C) groups is 1. The molecule has 0 heterocycles. The van der Waals surface area contributed by atoms with Crippen LogP contribution in [-0.2, 0) is 6.54 Å². The van der Waals surface area contributed by atoms with Gasteiger partial charge in [-0.05, 0) is 44.6 Å². The molecule has 1 saturated carbocycles. The van der Waals surface area contributed by atoms with E-state index in [0.29, 0.717) is 30.7 Å². The van der Waals surface area contributed by atoms with Crippen molar-refractivity contribution in [2.24, 2.45) is 10.7 Å². The van der Waals surface area contributed by atoms with Crippen molar-refractivity contribution >= 4 is 11.9 Å². The van der Waals surface area contributed by atoms with Gasteiger partial charge in [-0.1, -0.05) is 12.1 Å². The zero-order chi connectivity index (χ0) is 16.8. The van der Waals surface area contributed by atoms with E-state index in [-0.39, 0.29) is 5.91 Å². The van der Waals surface area contributed by atoms with Crippen molar-refractivity contribution in [2.45, 2.75) is 25.4 Å². The normalized spacial score (nSPS) is 14.9. The lowest BCUT2D eigenvalue weighted by atomic mass is 10.1. The van der Waals surface area contributed by atoms with Gasteiger partial charge in [0.1, 0.15) is 0 Å². The van der Waals surface area contributed by atoms with Crippen LogP contribution >= 0.6 is 0 Å². The quantitative estimate of drug-likeness (QED) is 0.578. The molecule has 1 aromatic carbocycles. The molecule has 23 heavy (non-hydrogen) atoms. The van der Waals surface area contributed by atoms with Crippen molar-refractivity contribution in [1.29, 1.82) is 0 Å². The van der Waals surface area contributed by atoms with Gasteiger partial charge in [0.05, 0.1) is 6.54 Å². The van der Waals surface area contributed by atoms with E-state index in [1.807, 2.05) is 55.2 Å². The topological polar surface area (TPSA) is 74.0 Å². The van der Waals surface area contributed by atoms with E-state index < -0.39 is 0 Å². The van der Waals surface area contributed by atoms with Gasteiger partial charge in [0, 0.05) is 31.7 Å². The molecule has 0 bridgehead atoms. The average Bonchev–Trinajstić information content (AvgIpc) is 3.36. The summed E-state index contributed by atoms with van der Waals surface area (Å²) in [5.74, 6) is 0.508. The van der Waals surface area contributed by atoms with Crippen LogP contribution in [0.25, 0.3) is 0 Å². The number of hydrogen-bond acceptors (Lipinski definition) is 3. The van der Waals surface area contributed by atoms with Crippen molar-refractivity contribution < 1.29 is 4.79 Å². The van der Waals surface area contributed by atoms with Crippen LogP contribution in [0.15, 0.2) is 29.3 Å². The SMILES string of the molecule is CN(C)CCNC(=O)c1cccc(CN=C(N)N(C)C2CC2)c1. The number of rotatable bonds is 7. The number of likely N-dealkylation sites (N-methyl/N-ethyl adjacent to an activating group) is 1. The second-order valence-electron chi connectivity index (χ2n) is 6.28. The minimum atomic E-state index is -0.0549. The van der Waals surface area contributed by atoms with E-state index >= 15 is 0 Å². The Kier molecular flexibility index (Phi) is 5.98. The van der Waals surface area contributed by atoms with Crippen molar-refractivity contribution in [1.82, 2.24) is 15.1 Å². The molecule has 1 amide bonds. The monoisotopic (exact) mass is 317 g/mol. The zero-order valence-electron chi connectivity index (χ0n) is 14.2. The highest BCUT2D eigenvalue weighted by molar-refractivity contribution is 5.94. The molecular formula is C17H27N5O. The summed E-state index contributed by atoms with van der Waals surface area (Å²) in [5.41, 5.74) is 7.63. The third-order valence-corrected chi connectivity index (χ3v) is 3.91. The lowest BCUT2D eigenvalue weighted by Gasteiger charge is -2.16. The predicted molar refractivity (Wildman–Crippen MR) is 93.4 cm³/mol. The molecule has 0 atom stereocenters. The molecule has 0 aliphatic heterocycles. The first-order valence-corrected chi connectivity index (χ1v) is 8.02. The van der Waals surface area contributed by atoms with Crippen LogP contribution < -0.4 is 11.1 Å². The second-order valence-corrected chi connectivity index (χ2v) is 6.28. The molecule has 3 N–H and O–H groups in total. The maximum Gasteiger partial charge on any atom is 0.251 e. The second kappa shape index (κ2) is 7.97. The van der Waals surface area contributed by atoms with Crippen LogP contribution in [-0.4, -0.2) is 61.9 Å². The Bertz CT molecular complexity index is 566. The fourth-order valence-electron chi connectivity index (χ4n) is 2.24. The minimum Gasteiger partial charge on any atom is -0.370 e. The third-order valence-electron chi connectivity index (χ3n) is 3.91. The summed E-state index contributed by atoms with van der Waals surface area (Å²) >= 11 is 0. The standard InChI is InChI=1S/C17H27N5O/c1-21(2)10-9-19-16(23)14-6-4-5-13(11-14)12-20-17(18)22(3)15-7-8-15/h4-6,11,15H,7-10,12H2,1-3H3,(H2,18,20)(H,19,23). The first kappa shape index (κ1) is 17.3. The lowest BCUT2D eigenvalue weighted by Crippen LogP contribution is -2.35. The summed E-state index contributed by atoms with van der Waals surface area (Å²) in [6, 6.07) is 8.08. The molecule has 1 aliphatic rings. The molecule has 126 valence electrons. The number of nitrogens with zero attached hydrogens (tertiary/aromatic N) is 3. The van der Waals surface area contributed by atoms with E-state index in [9.17, 15) is 4.79 Å². The van der Waals surface area contributed by atoms with Crippen LogP contribution in [0.2, 0.25) is 0 Å². The molecule has 1 aliphatic carbocycles. The van der Waals surface area contributed by atoms with E-state index in [2.05, 4.69) is 10.3 Å². The van der Waals surface area contributed by atoms with Crippen molar-refractivity contribution in [3.05, 3.63) is 35.4 Å². The van der Waals surface area contributed by atoms with Crippen molar-refractivity contribution in [3.8, 4) is 0 Å². The Morgan fingerprint density at radius 2 is 2.09 bits per heavy atom. The molecular weight excluding hydrogens is 290 g/mol. The van der Waals surface area contributed by atoms with Crippen molar-refractivity contribution in [3.63, 3.8) is 0 Å². The van der Waals surface area contributed by atoms with Gasteiger partial charge in [-0.15, -0.1) is 0 Å². The van der Waals surface area contributed by atoms with Crippen LogP contribution in [0, 0.1) is 0 Å². The van der Waals surface area contributed by atoms with Gasteiger partial charge in [0.2, 0.25) is 0 Å². The van der Waals surface area contributed by atoms with E-state index in [0.717, 1.165) is 12.1 Å². The first-order valence-electron chi connectivity index (χ1n) is 8.02. The number of carbonyl (C=O) groups is 1. The van der Waals surface area contributed by atoms with Gasteiger partial charge >= 0.3 is 0 Å². The Morgan fingerprint density at radius 3 is 2.74 bits per heavy atom. The number of amides is 1. The molecule has 1 aromatic rings. The zero-order valence-corrected chi connectivity index (χ0v) is 14.2. The van der Waals surface area contributed by atoms with E-state index in [1.54, 1.807) is 0 Å². The Balaban J connectivity index is 1.91. The fraction of sp³-hybridized carbons (Fsp3) is 0.529. The number of hydrogen-bond donors (Lipinski definition) is 2. The van der Waals surface area contributed by atoms with Crippen LogP contribution in [0.3, 0.4) is 0 Å². The van der Waals surface area contributed by atoms with Crippen LogP contribution in [0.1, 0.15) is 28.8 Å². The van der Waals surface area contributed by atoms with Crippen LogP contribution in [0.5, 0.6) is 0 Å². The highest BCUT2D eigenvalue weighted by Gasteiger charge is 2.27. The number of guanidine groups is 1. The summed E-state index contributed by atoms with van der Waals surface area (Å²) in [7, 11) is 5.94. The predicted octanol–water partition coefficient (Wildman–Crippen LogP) is 0.887. The molecule has 2 rings (SSSR count). The molecule has 0 radical (unpaired) electrons. The number of carbonyl (C=O) groups excluding carboxylic acids is 1. The summed E-state index contributed by atoms with van der Waals surface area (Å²) in [6.45, 7) is 1.94. The highest BCUT2D eigenvalue weighted by Crippen LogP contribution is 2.24. The summed E-state index contributed by atoms with van der Waals surface area (Å²) < 4.78 is 0. The van der Waals surface area contributed by atoms with Gasteiger partial charge in [0.15, 0.2) is 5.96 Å². The third kappa shape index (κ3) is 5.56. The first-order chi connectivity index (χ1) is 11.0. The Hall–Kier alpha value is -2.08. The maximum absolute atomic E-state index is 12.1. The summed E-state index contributed by atoms with van der Waals surface area (Å²) in [5, 5.41) is 2.91. The van der Waals surface area contributed by atoms with Crippen molar-refractivity contribution in [2.75, 3.05) is 34.2 Å². The minimum absolute atomic E-state index is 0.0549. The molecule has 6 heteroatoms. The van der Waals surface area contributed by atoms with Gasteiger partial charge in [-0.3, -0.25) is 4.79 Å². The molecule has 6 nitrogen and oxygen atoms in total. The number of nitrogens with one attached hydrogen (secondary N) is 1. The molecule has 0 saturated heterocycles. The maximum atomic E-state index is 12.1. The van der Waals surface area contributed by atoms with Gasteiger partial charge in [-0.2, -0.15) is 0 Å². The summed E-state index contributed by atoms with van der Waals surface area (Å²) in [4.78, 5) is 20.6. The smallest absolute Gasteiger partial charge is 0.251 e. The van der Waals surface area contributed by atoms with E-state index in [1.165, 1.54) is 12.8 Å². The molecule has 1 fully saturated rings. The summed E-state index contributed by atoms with van der Waals surface area (Å²) in [6.07, 6.45) is 2.38. The molecule has 0 spiro atoms. The Morgan fingerprint density at radius 1 is 1.35 bits per heavy atom. The van der Waals surface area contributed by atoms with Gasteiger partial charge in [0.25, 0.3) is 5.91 Å². The highest BCUT2D eigenvalue weighted by atomic mass is 16.1.